The predicted molar refractivity (Wildman–Crippen MR) is 76.4 cm³/mol. The molecule has 1 aromatic carbocycles. The molecule has 0 radical (unpaired) electrons. The summed E-state index contributed by atoms with van der Waals surface area (Å²) in [5.74, 6) is -0.156. The van der Waals surface area contributed by atoms with Gasteiger partial charge in [-0.1, -0.05) is 29.8 Å². The number of likely N-dealkylation sites (N-methyl/N-ethyl adjacent to an activating group) is 1. The maximum Gasteiger partial charge on any atom is 0.126 e. The fraction of sp³-hybridized carbons (Fsp3) is 0.571. The van der Waals surface area contributed by atoms with E-state index in [9.17, 15) is 4.39 Å². The smallest absolute Gasteiger partial charge is 0.126 e. The number of ether oxygens (including phenoxy) is 1. The van der Waals surface area contributed by atoms with Crippen LogP contribution in [0.25, 0.3) is 0 Å². The van der Waals surface area contributed by atoms with Crippen molar-refractivity contribution in [3.05, 3.63) is 34.1 Å². The minimum atomic E-state index is -0.156. The number of halogens is 2. The zero-order valence-corrected chi connectivity index (χ0v) is 12.6. The van der Waals surface area contributed by atoms with E-state index in [1.807, 2.05) is 13.0 Å². The Balaban J connectivity index is 2.60. The van der Waals surface area contributed by atoms with Crippen LogP contribution >= 0.6 is 15.9 Å². The van der Waals surface area contributed by atoms with Crippen LogP contribution in [0.2, 0.25) is 0 Å². The molecule has 0 spiro atoms. The highest BCUT2D eigenvalue weighted by atomic mass is 79.9. The molecule has 0 aliphatic rings. The zero-order chi connectivity index (χ0) is 13.4. The molecule has 0 saturated heterocycles. The second kappa shape index (κ2) is 8.62. The normalized spacial score (nSPS) is 12.7. The minimum Gasteiger partial charge on any atom is -0.380 e. The van der Waals surface area contributed by atoms with Crippen molar-refractivity contribution in [2.24, 2.45) is 0 Å². The summed E-state index contributed by atoms with van der Waals surface area (Å²) in [5, 5.41) is 3.33. The molecule has 1 rings (SSSR count). The van der Waals surface area contributed by atoms with E-state index >= 15 is 0 Å². The quantitative estimate of drug-likeness (QED) is 0.740. The molecule has 18 heavy (non-hydrogen) atoms. The first-order valence-corrected chi connectivity index (χ1v) is 7.21. The van der Waals surface area contributed by atoms with E-state index in [1.165, 1.54) is 6.07 Å². The van der Waals surface area contributed by atoms with E-state index < -0.39 is 0 Å². The van der Waals surface area contributed by atoms with Crippen LogP contribution in [-0.2, 0) is 11.2 Å². The van der Waals surface area contributed by atoms with Crippen molar-refractivity contribution in [3.63, 3.8) is 0 Å². The summed E-state index contributed by atoms with van der Waals surface area (Å²) in [7, 11) is 0. The van der Waals surface area contributed by atoms with Gasteiger partial charge >= 0.3 is 0 Å². The third kappa shape index (κ3) is 5.46. The fourth-order valence-corrected chi connectivity index (χ4v) is 2.22. The van der Waals surface area contributed by atoms with Crippen molar-refractivity contribution in [3.8, 4) is 0 Å². The lowest BCUT2D eigenvalue weighted by Gasteiger charge is -2.18. The number of benzene rings is 1. The fourth-order valence-electron chi connectivity index (χ4n) is 1.81. The average molecular weight is 318 g/mol. The first-order chi connectivity index (χ1) is 8.67. The lowest BCUT2D eigenvalue weighted by atomic mass is 10.1. The number of hydrogen-bond donors (Lipinski definition) is 1. The molecule has 0 aromatic heterocycles. The highest BCUT2D eigenvalue weighted by Gasteiger charge is 2.12. The molecule has 0 amide bonds. The van der Waals surface area contributed by atoms with Gasteiger partial charge in [0, 0.05) is 17.1 Å². The minimum absolute atomic E-state index is 0.156. The van der Waals surface area contributed by atoms with Crippen molar-refractivity contribution in [2.45, 2.75) is 32.7 Å². The van der Waals surface area contributed by atoms with Crippen LogP contribution in [0.5, 0.6) is 0 Å². The van der Waals surface area contributed by atoms with Crippen LogP contribution < -0.4 is 5.32 Å². The maximum absolute atomic E-state index is 13.7. The van der Waals surface area contributed by atoms with Gasteiger partial charge in [0.05, 0.1) is 6.61 Å². The molecular formula is C14H21BrFNO. The zero-order valence-electron chi connectivity index (χ0n) is 11.0. The van der Waals surface area contributed by atoms with Crippen molar-refractivity contribution in [2.75, 3.05) is 19.8 Å². The Morgan fingerprint density at radius 2 is 2.17 bits per heavy atom. The summed E-state index contributed by atoms with van der Waals surface area (Å²) < 4.78 is 20.1. The largest absolute Gasteiger partial charge is 0.380 e. The van der Waals surface area contributed by atoms with Crippen LogP contribution in [-0.4, -0.2) is 25.8 Å². The van der Waals surface area contributed by atoms with Gasteiger partial charge in [-0.25, -0.2) is 4.39 Å². The lowest BCUT2D eigenvalue weighted by Crippen LogP contribution is -2.35. The molecule has 1 unspecified atom stereocenters. The molecular weight excluding hydrogens is 297 g/mol. The van der Waals surface area contributed by atoms with Crippen LogP contribution in [0.3, 0.4) is 0 Å². The third-order valence-electron chi connectivity index (χ3n) is 2.63. The molecule has 4 heteroatoms. The first kappa shape index (κ1) is 15.6. The lowest BCUT2D eigenvalue weighted by molar-refractivity contribution is 0.112. The molecule has 1 atom stereocenters. The van der Waals surface area contributed by atoms with Crippen molar-refractivity contribution in [1.82, 2.24) is 5.32 Å². The van der Waals surface area contributed by atoms with Crippen LogP contribution in [0.15, 0.2) is 22.7 Å². The van der Waals surface area contributed by atoms with Gasteiger partial charge in [0.2, 0.25) is 0 Å². The molecule has 0 aliphatic carbocycles. The Morgan fingerprint density at radius 1 is 1.39 bits per heavy atom. The predicted octanol–water partition coefficient (Wildman–Crippen LogP) is 3.54. The summed E-state index contributed by atoms with van der Waals surface area (Å²) in [6.45, 7) is 6.35. The van der Waals surface area contributed by atoms with Gasteiger partial charge < -0.3 is 10.1 Å². The second-order valence-electron chi connectivity index (χ2n) is 4.27. The molecule has 0 bridgehead atoms. The number of rotatable bonds is 8. The van der Waals surface area contributed by atoms with E-state index in [-0.39, 0.29) is 11.9 Å². The molecule has 1 aromatic rings. The topological polar surface area (TPSA) is 21.3 Å². The Kier molecular flexibility index (Phi) is 7.47. The van der Waals surface area contributed by atoms with Gasteiger partial charge in [-0.2, -0.15) is 0 Å². The van der Waals surface area contributed by atoms with Gasteiger partial charge in [0.15, 0.2) is 0 Å². The SMILES string of the molecule is CCCOCC(Cc1cc(Br)ccc1F)NCC. The highest BCUT2D eigenvalue weighted by Crippen LogP contribution is 2.17. The molecule has 0 fully saturated rings. The van der Waals surface area contributed by atoms with E-state index in [2.05, 4.69) is 28.2 Å². The van der Waals surface area contributed by atoms with E-state index in [4.69, 9.17) is 4.74 Å². The Morgan fingerprint density at radius 3 is 2.83 bits per heavy atom. The Bertz CT molecular complexity index is 360. The van der Waals surface area contributed by atoms with E-state index in [0.29, 0.717) is 13.0 Å². The van der Waals surface area contributed by atoms with E-state index in [0.717, 1.165) is 29.6 Å². The van der Waals surface area contributed by atoms with Crippen LogP contribution in [0.1, 0.15) is 25.8 Å². The van der Waals surface area contributed by atoms with Gasteiger partial charge in [0.1, 0.15) is 5.82 Å². The van der Waals surface area contributed by atoms with Crippen molar-refractivity contribution >= 4 is 15.9 Å². The van der Waals surface area contributed by atoms with Crippen molar-refractivity contribution in [1.29, 1.82) is 0 Å². The molecule has 0 aliphatic heterocycles. The second-order valence-corrected chi connectivity index (χ2v) is 5.19. The summed E-state index contributed by atoms with van der Waals surface area (Å²) in [6, 6.07) is 5.20. The molecule has 102 valence electrons. The van der Waals surface area contributed by atoms with Gasteiger partial charge in [-0.3, -0.25) is 0 Å². The number of nitrogens with one attached hydrogen (secondary N) is 1. The van der Waals surface area contributed by atoms with E-state index in [1.54, 1.807) is 6.07 Å². The first-order valence-electron chi connectivity index (χ1n) is 6.42. The van der Waals surface area contributed by atoms with Crippen LogP contribution in [0.4, 0.5) is 4.39 Å². The summed E-state index contributed by atoms with van der Waals surface area (Å²) in [5.41, 5.74) is 0.718. The standard InChI is InChI=1S/C14H21BrFNO/c1-3-7-18-10-13(17-4-2)9-11-8-12(15)5-6-14(11)16/h5-6,8,13,17H,3-4,7,9-10H2,1-2H3. The van der Waals surface area contributed by atoms with Gasteiger partial charge in [0.25, 0.3) is 0 Å². The monoisotopic (exact) mass is 317 g/mol. The molecule has 1 N–H and O–H groups in total. The Hall–Kier alpha value is -0.450. The van der Waals surface area contributed by atoms with Crippen molar-refractivity contribution < 1.29 is 9.13 Å². The molecule has 2 nitrogen and oxygen atoms in total. The van der Waals surface area contributed by atoms with Gasteiger partial charge in [-0.05, 0) is 43.1 Å². The van der Waals surface area contributed by atoms with Gasteiger partial charge in [-0.15, -0.1) is 0 Å². The summed E-state index contributed by atoms with van der Waals surface area (Å²) >= 11 is 3.37. The summed E-state index contributed by atoms with van der Waals surface area (Å²) in [6.07, 6.45) is 1.65. The summed E-state index contributed by atoms with van der Waals surface area (Å²) in [4.78, 5) is 0. The maximum atomic E-state index is 13.7. The highest BCUT2D eigenvalue weighted by molar-refractivity contribution is 9.10. The molecule has 0 saturated carbocycles. The number of hydrogen-bond acceptors (Lipinski definition) is 2. The average Bonchev–Trinajstić information content (AvgIpc) is 2.34. The van der Waals surface area contributed by atoms with Crippen LogP contribution in [0, 0.1) is 5.82 Å². The Labute approximate surface area is 117 Å². The molecule has 0 heterocycles. The third-order valence-corrected chi connectivity index (χ3v) is 3.13.